The van der Waals surface area contributed by atoms with Gasteiger partial charge < -0.3 is 20.3 Å². The minimum Gasteiger partial charge on any atom is -0.480 e. The number of nitrogens with zero attached hydrogens (tertiary/aromatic N) is 2. The quantitative estimate of drug-likeness (QED) is 0.630. The van der Waals surface area contributed by atoms with E-state index in [4.69, 9.17) is 9.63 Å². The Morgan fingerprint density at radius 1 is 1.63 bits per heavy atom. The number of aliphatic carboxylic acids is 1. The highest BCUT2D eigenvalue weighted by molar-refractivity contribution is 5.90. The third kappa shape index (κ3) is 3.00. The summed E-state index contributed by atoms with van der Waals surface area (Å²) < 4.78 is 4.79. The Hall–Kier alpha value is -2.58. The van der Waals surface area contributed by atoms with E-state index in [9.17, 15) is 14.4 Å². The van der Waals surface area contributed by atoms with Crippen molar-refractivity contribution in [2.75, 3.05) is 13.1 Å². The number of urea groups is 1. The number of carbonyl (C=O) groups excluding carboxylic acids is 2. The molecule has 1 atom stereocenters. The van der Waals surface area contributed by atoms with E-state index in [0.717, 1.165) is 4.90 Å². The van der Waals surface area contributed by atoms with Crippen molar-refractivity contribution in [3.05, 3.63) is 18.0 Å². The highest BCUT2D eigenvalue weighted by Crippen LogP contribution is 2.05. The lowest BCUT2D eigenvalue weighted by Gasteiger charge is -2.32. The molecule has 3 amide bonds. The highest BCUT2D eigenvalue weighted by Gasteiger charge is 2.35. The number of hydrogen-bond acceptors (Lipinski definition) is 5. The topological polar surface area (TPSA) is 125 Å². The third-order valence-corrected chi connectivity index (χ3v) is 2.63. The van der Waals surface area contributed by atoms with Gasteiger partial charge in [-0.05, 0) is 0 Å². The summed E-state index contributed by atoms with van der Waals surface area (Å²) in [6.45, 7) is -0.327. The molecule has 3 N–H and O–H groups in total. The van der Waals surface area contributed by atoms with Gasteiger partial charge in [0.25, 0.3) is 0 Å². The zero-order valence-electron chi connectivity index (χ0n) is 9.83. The summed E-state index contributed by atoms with van der Waals surface area (Å²) in [5.41, 5.74) is 0. The minimum absolute atomic E-state index is 0.0727. The maximum atomic E-state index is 11.9. The maximum absolute atomic E-state index is 11.9. The lowest BCUT2D eigenvalue weighted by atomic mass is 10.2. The Kier molecular flexibility index (Phi) is 3.64. The molecular formula is C10H12N4O5. The highest BCUT2D eigenvalue weighted by atomic mass is 16.5. The van der Waals surface area contributed by atoms with Crippen LogP contribution in [-0.2, 0) is 16.1 Å². The first kappa shape index (κ1) is 12.9. The lowest BCUT2D eigenvalue weighted by molar-refractivity contribution is -0.144. The molecule has 0 aliphatic carbocycles. The van der Waals surface area contributed by atoms with E-state index >= 15 is 0 Å². The molecule has 2 rings (SSSR count). The van der Waals surface area contributed by atoms with E-state index < -0.39 is 23.9 Å². The van der Waals surface area contributed by atoms with Gasteiger partial charge in [-0.1, -0.05) is 5.16 Å². The van der Waals surface area contributed by atoms with Crippen molar-refractivity contribution in [3.8, 4) is 0 Å². The van der Waals surface area contributed by atoms with Crippen LogP contribution in [0.2, 0.25) is 0 Å². The third-order valence-electron chi connectivity index (χ3n) is 2.63. The molecule has 1 saturated heterocycles. The molecule has 2 heterocycles. The van der Waals surface area contributed by atoms with Crippen molar-refractivity contribution in [3.63, 3.8) is 0 Å². The minimum atomic E-state index is -1.17. The van der Waals surface area contributed by atoms with E-state index in [1.807, 2.05) is 0 Å². The fourth-order valence-electron chi connectivity index (χ4n) is 1.67. The van der Waals surface area contributed by atoms with Crippen LogP contribution in [0.25, 0.3) is 0 Å². The number of rotatable bonds is 3. The smallest absolute Gasteiger partial charge is 0.328 e. The Bertz CT molecular complexity index is 486. The monoisotopic (exact) mass is 268 g/mol. The summed E-state index contributed by atoms with van der Waals surface area (Å²) in [5, 5.41) is 17.3. The second-order valence-electron chi connectivity index (χ2n) is 3.92. The number of amides is 3. The standard InChI is InChI=1S/C10H12N4O5/c15-8-5-14(7(4-11-8)9(16)17)10(18)12-3-6-1-2-13-19-6/h1-2,7H,3-5H2,(H,11,15)(H,12,18)(H,16,17). The Morgan fingerprint density at radius 2 is 2.42 bits per heavy atom. The van der Waals surface area contributed by atoms with Gasteiger partial charge in [0.05, 0.1) is 12.7 Å². The number of piperazine rings is 1. The zero-order chi connectivity index (χ0) is 13.8. The summed E-state index contributed by atoms with van der Waals surface area (Å²) in [6, 6.07) is -0.149. The van der Waals surface area contributed by atoms with Crippen LogP contribution in [0.1, 0.15) is 5.76 Å². The first-order valence-corrected chi connectivity index (χ1v) is 5.51. The van der Waals surface area contributed by atoms with Crippen LogP contribution < -0.4 is 10.6 Å². The van der Waals surface area contributed by atoms with Crippen molar-refractivity contribution in [1.29, 1.82) is 0 Å². The van der Waals surface area contributed by atoms with E-state index in [1.54, 1.807) is 6.07 Å². The van der Waals surface area contributed by atoms with Gasteiger partial charge in [-0.3, -0.25) is 9.69 Å². The van der Waals surface area contributed by atoms with Crippen LogP contribution >= 0.6 is 0 Å². The number of hydrogen-bond donors (Lipinski definition) is 3. The second-order valence-corrected chi connectivity index (χ2v) is 3.92. The van der Waals surface area contributed by atoms with E-state index in [1.165, 1.54) is 6.20 Å². The van der Waals surface area contributed by atoms with Gasteiger partial charge in [0.15, 0.2) is 5.76 Å². The molecule has 1 unspecified atom stereocenters. The molecule has 0 spiro atoms. The number of carboxylic acid groups (broad SMARTS) is 1. The number of nitrogens with one attached hydrogen (secondary N) is 2. The van der Waals surface area contributed by atoms with Gasteiger partial charge in [-0.15, -0.1) is 0 Å². The average Bonchev–Trinajstić information content (AvgIpc) is 2.88. The average molecular weight is 268 g/mol. The molecule has 0 aromatic carbocycles. The summed E-state index contributed by atoms with van der Waals surface area (Å²) in [7, 11) is 0. The van der Waals surface area contributed by atoms with Gasteiger partial charge in [-0.2, -0.15) is 0 Å². The van der Waals surface area contributed by atoms with E-state index in [2.05, 4.69) is 15.8 Å². The number of aromatic nitrogens is 1. The first-order valence-electron chi connectivity index (χ1n) is 5.51. The molecule has 1 aliphatic heterocycles. The van der Waals surface area contributed by atoms with Crippen molar-refractivity contribution >= 4 is 17.9 Å². The molecule has 1 aromatic heterocycles. The molecule has 0 radical (unpaired) electrons. The maximum Gasteiger partial charge on any atom is 0.328 e. The van der Waals surface area contributed by atoms with Crippen LogP contribution in [0, 0.1) is 0 Å². The predicted octanol–water partition coefficient (Wildman–Crippen LogP) is -1.23. The molecule has 102 valence electrons. The Labute approximate surface area is 107 Å². The van der Waals surface area contributed by atoms with Crippen molar-refractivity contribution in [1.82, 2.24) is 20.7 Å². The normalized spacial score (nSPS) is 18.8. The van der Waals surface area contributed by atoms with Crippen molar-refractivity contribution in [2.24, 2.45) is 0 Å². The molecular weight excluding hydrogens is 256 g/mol. The van der Waals surface area contributed by atoms with Crippen molar-refractivity contribution < 1.29 is 24.0 Å². The summed E-state index contributed by atoms with van der Waals surface area (Å²) in [5.74, 6) is -1.14. The molecule has 19 heavy (non-hydrogen) atoms. The van der Waals surface area contributed by atoms with Crippen LogP contribution in [0.3, 0.4) is 0 Å². The number of carboxylic acids is 1. The van der Waals surface area contributed by atoms with E-state index in [-0.39, 0.29) is 19.6 Å². The molecule has 1 fully saturated rings. The lowest BCUT2D eigenvalue weighted by Crippen LogP contribution is -2.61. The molecule has 0 bridgehead atoms. The molecule has 1 aliphatic rings. The fraction of sp³-hybridized carbons (Fsp3) is 0.400. The number of carbonyl (C=O) groups is 3. The van der Waals surface area contributed by atoms with Crippen LogP contribution in [-0.4, -0.2) is 52.2 Å². The second kappa shape index (κ2) is 5.38. The zero-order valence-corrected chi connectivity index (χ0v) is 9.83. The molecule has 1 aromatic rings. The summed E-state index contributed by atoms with van der Waals surface area (Å²) in [6.07, 6.45) is 1.43. The van der Waals surface area contributed by atoms with E-state index in [0.29, 0.717) is 5.76 Å². The van der Waals surface area contributed by atoms with Gasteiger partial charge >= 0.3 is 12.0 Å². The van der Waals surface area contributed by atoms with Gasteiger partial charge in [0, 0.05) is 12.6 Å². The summed E-state index contributed by atoms with van der Waals surface area (Å²) >= 11 is 0. The molecule has 9 heteroatoms. The van der Waals surface area contributed by atoms with Gasteiger partial charge in [0.2, 0.25) is 5.91 Å². The molecule has 0 saturated carbocycles. The first-order chi connectivity index (χ1) is 9.08. The van der Waals surface area contributed by atoms with Crippen LogP contribution in [0.4, 0.5) is 4.79 Å². The van der Waals surface area contributed by atoms with Gasteiger partial charge in [0.1, 0.15) is 12.6 Å². The summed E-state index contributed by atoms with van der Waals surface area (Å²) in [4.78, 5) is 35.1. The van der Waals surface area contributed by atoms with Gasteiger partial charge in [-0.25, -0.2) is 9.59 Å². The van der Waals surface area contributed by atoms with Crippen LogP contribution in [0.15, 0.2) is 16.8 Å². The fourth-order valence-corrected chi connectivity index (χ4v) is 1.67. The Balaban J connectivity index is 1.98. The Morgan fingerprint density at radius 3 is 3.05 bits per heavy atom. The van der Waals surface area contributed by atoms with Crippen molar-refractivity contribution in [2.45, 2.75) is 12.6 Å². The predicted molar refractivity (Wildman–Crippen MR) is 59.9 cm³/mol. The largest absolute Gasteiger partial charge is 0.480 e. The van der Waals surface area contributed by atoms with Crippen LogP contribution in [0.5, 0.6) is 0 Å². The SMILES string of the molecule is O=C1CN(C(=O)NCc2ccno2)C(C(=O)O)CN1. The molecule has 9 nitrogen and oxygen atoms in total.